The first-order valence-electron chi connectivity index (χ1n) is 5.90. The number of hydrogen-bond acceptors (Lipinski definition) is 2. The van der Waals surface area contributed by atoms with Gasteiger partial charge in [-0.2, -0.15) is 0 Å². The molecule has 1 aromatic carbocycles. The Morgan fingerprint density at radius 3 is 2.53 bits per heavy atom. The molecule has 0 radical (unpaired) electrons. The quantitative estimate of drug-likeness (QED) is 0.817. The van der Waals surface area contributed by atoms with E-state index in [4.69, 9.17) is 0 Å². The van der Waals surface area contributed by atoms with Crippen LogP contribution in [0.1, 0.15) is 30.9 Å². The molecule has 0 bridgehead atoms. The predicted octanol–water partition coefficient (Wildman–Crippen LogP) is 2.02. The molecule has 17 heavy (non-hydrogen) atoms. The number of benzene rings is 1. The molecular weight excluding hydrogens is 214 g/mol. The molecule has 3 heteroatoms. The first-order valence-corrected chi connectivity index (χ1v) is 5.90. The minimum absolute atomic E-state index is 0.0474. The summed E-state index contributed by atoms with van der Waals surface area (Å²) in [5.41, 5.74) is 2.49. The average Bonchev–Trinajstić information content (AvgIpc) is 2.29. The van der Waals surface area contributed by atoms with Crippen LogP contribution >= 0.6 is 0 Å². The molecule has 0 saturated carbocycles. The number of Topliss-reactive ketones (excluding diaryl/α,β-unsaturated/α-hetero) is 1. The molecule has 0 spiro atoms. The Bertz CT molecular complexity index is 399. The van der Waals surface area contributed by atoms with Gasteiger partial charge in [0.05, 0.1) is 0 Å². The summed E-state index contributed by atoms with van der Waals surface area (Å²) >= 11 is 0. The van der Waals surface area contributed by atoms with E-state index in [-0.39, 0.29) is 11.7 Å². The highest BCUT2D eigenvalue weighted by Gasteiger charge is 2.03. The summed E-state index contributed by atoms with van der Waals surface area (Å²) in [5.74, 6) is 0.00726. The van der Waals surface area contributed by atoms with Crippen LogP contribution in [0.15, 0.2) is 24.3 Å². The molecule has 0 unspecified atom stereocenters. The number of ketones is 1. The van der Waals surface area contributed by atoms with Gasteiger partial charge in [0.2, 0.25) is 5.91 Å². The van der Waals surface area contributed by atoms with Crippen molar-refractivity contribution in [1.82, 2.24) is 5.32 Å². The lowest BCUT2D eigenvalue weighted by molar-refractivity contribution is -0.124. The lowest BCUT2D eigenvalue weighted by Crippen LogP contribution is -2.26. The normalized spacial score (nSPS) is 10.0. The number of nitrogens with one attached hydrogen (secondary N) is 1. The van der Waals surface area contributed by atoms with E-state index in [0.29, 0.717) is 19.4 Å². The van der Waals surface area contributed by atoms with Crippen molar-refractivity contribution in [1.29, 1.82) is 0 Å². The highest BCUT2D eigenvalue weighted by molar-refractivity contribution is 5.83. The van der Waals surface area contributed by atoms with Gasteiger partial charge in [0, 0.05) is 19.4 Å². The molecule has 0 atom stereocenters. The van der Waals surface area contributed by atoms with Crippen LogP contribution in [0.2, 0.25) is 0 Å². The molecule has 0 aliphatic rings. The number of amides is 1. The second-order valence-corrected chi connectivity index (χ2v) is 4.23. The molecule has 0 aliphatic heterocycles. The van der Waals surface area contributed by atoms with Crippen LogP contribution in [0.5, 0.6) is 0 Å². The Morgan fingerprint density at radius 2 is 1.88 bits per heavy atom. The van der Waals surface area contributed by atoms with Crippen molar-refractivity contribution in [2.45, 2.75) is 33.1 Å². The largest absolute Gasteiger partial charge is 0.356 e. The van der Waals surface area contributed by atoms with Crippen molar-refractivity contribution >= 4 is 11.7 Å². The molecule has 0 aliphatic carbocycles. The van der Waals surface area contributed by atoms with Crippen molar-refractivity contribution in [3.63, 3.8) is 0 Å². The van der Waals surface area contributed by atoms with Crippen LogP contribution in [-0.2, 0) is 16.0 Å². The fraction of sp³-hybridized carbons (Fsp3) is 0.429. The maximum Gasteiger partial charge on any atom is 0.220 e. The van der Waals surface area contributed by atoms with Crippen molar-refractivity contribution in [2.75, 3.05) is 6.54 Å². The summed E-state index contributed by atoms with van der Waals surface area (Å²) in [5, 5.41) is 2.82. The fourth-order valence-electron chi connectivity index (χ4n) is 1.61. The average molecular weight is 233 g/mol. The molecule has 0 aromatic heterocycles. The van der Waals surface area contributed by atoms with Gasteiger partial charge in [-0.1, -0.05) is 24.3 Å². The molecule has 92 valence electrons. The first kappa shape index (κ1) is 13.4. The first-order chi connectivity index (χ1) is 8.09. The molecule has 0 saturated heterocycles. The summed E-state index contributed by atoms with van der Waals surface area (Å²) in [6, 6.07) is 8.13. The smallest absolute Gasteiger partial charge is 0.220 e. The van der Waals surface area contributed by atoms with E-state index in [2.05, 4.69) is 24.4 Å². The molecule has 1 N–H and O–H groups in total. The van der Waals surface area contributed by atoms with Gasteiger partial charge in [-0.25, -0.2) is 0 Å². The minimum atomic E-state index is -0.0474. The number of carbonyl (C=O) groups excluding carboxylic acids is 2. The molecule has 1 aromatic rings. The maximum atomic E-state index is 11.4. The van der Waals surface area contributed by atoms with Crippen molar-refractivity contribution in [2.24, 2.45) is 0 Å². The molecule has 0 fully saturated rings. The van der Waals surface area contributed by atoms with E-state index in [1.54, 1.807) is 0 Å². The third-order valence-corrected chi connectivity index (χ3v) is 2.68. The Labute approximate surface area is 102 Å². The molecule has 1 amide bonds. The summed E-state index contributed by atoms with van der Waals surface area (Å²) in [6.07, 6.45) is 1.46. The number of hydrogen-bond donors (Lipinski definition) is 1. The van der Waals surface area contributed by atoms with Crippen LogP contribution < -0.4 is 5.32 Å². The standard InChI is InChI=1S/C14H19NO2/c1-11-5-3-4-6-13(11)9-10-15-14(17)8-7-12(2)16/h3-6H,7-10H2,1-2H3,(H,15,17). The molecule has 3 nitrogen and oxygen atoms in total. The van der Waals surface area contributed by atoms with Gasteiger partial charge in [-0.05, 0) is 31.4 Å². The summed E-state index contributed by atoms with van der Waals surface area (Å²) in [6.45, 7) is 4.19. The molecular formula is C14H19NO2. The second-order valence-electron chi connectivity index (χ2n) is 4.23. The van der Waals surface area contributed by atoms with Crippen LogP contribution in [-0.4, -0.2) is 18.2 Å². The van der Waals surface area contributed by atoms with E-state index in [9.17, 15) is 9.59 Å². The van der Waals surface area contributed by atoms with Gasteiger partial charge < -0.3 is 10.1 Å². The summed E-state index contributed by atoms with van der Waals surface area (Å²) in [7, 11) is 0. The maximum absolute atomic E-state index is 11.4. The van der Waals surface area contributed by atoms with E-state index in [0.717, 1.165) is 6.42 Å². The topological polar surface area (TPSA) is 46.2 Å². The van der Waals surface area contributed by atoms with Gasteiger partial charge in [0.25, 0.3) is 0 Å². The van der Waals surface area contributed by atoms with E-state index < -0.39 is 0 Å². The SMILES string of the molecule is CC(=O)CCC(=O)NCCc1ccccc1C. The monoisotopic (exact) mass is 233 g/mol. The van der Waals surface area contributed by atoms with Gasteiger partial charge in [-0.15, -0.1) is 0 Å². The van der Waals surface area contributed by atoms with Gasteiger partial charge in [0.1, 0.15) is 5.78 Å². The predicted molar refractivity (Wildman–Crippen MR) is 67.8 cm³/mol. The molecule has 1 rings (SSSR count). The van der Waals surface area contributed by atoms with Gasteiger partial charge in [0.15, 0.2) is 0 Å². The van der Waals surface area contributed by atoms with E-state index >= 15 is 0 Å². The van der Waals surface area contributed by atoms with Crippen LogP contribution in [0.25, 0.3) is 0 Å². The lowest BCUT2D eigenvalue weighted by Gasteiger charge is -2.06. The zero-order valence-electron chi connectivity index (χ0n) is 10.5. The van der Waals surface area contributed by atoms with Crippen LogP contribution in [0, 0.1) is 6.92 Å². The fourth-order valence-corrected chi connectivity index (χ4v) is 1.61. The Balaban J connectivity index is 2.26. The zero-order chi connectivity index (χ0) is 12.7. The van der Waals surface area contributed by atoms with E-state index in [1.165, 1.54) is 18.1 Å². The number of aryl methyl sites for hydroxylation is 1. The van der Waals surface area contributed by atoms with Crippen LogP contribution in [0.3, 0.4) is 0 Å². The second kappa shape index (κ2) is 6.84. The Hall–Kier alpha value is -1.64. The lowest BCUT2D eigenvalue weighted by atomic mass is 10.1. The number of rotatable bonds is 6. The number of carbonyl (C=O) groups is 2. The van der Waals surface area contributed by atoms with Crippen molar-refractivity contribution in [3.05, 3.63) is 35.4 Å². The van der Waals surface area contributed by atoms with Gasteiger partial charge in [-0.3, -0.25) is 4.79 Å². The molecule has 0 heterocycles. The Kier molecular flexibility index (Phi) is 5.40. The highest BCUT2D eigenvalue weighted by Crippen LogP contribution is 2.06. The van der Waals surface area contributed by atoms with Gasteiger partial charge >= 0.3 is 0 Å². The summed E-state index contributed by atoms with van der Waals surface area (Å²) in [4.78, 5) is 22.1. The third-order valence-electron chi connectivity index (χ3n) is 2.68. The highest BCUT2D eigenvalue weighted by atomic mass is 16.2. The third kappa shape index (κ3) is 5.29. The summed E-state index contributed by atoms with van der Waals surface area (Å²) < 4.78 is 0. The zero-order valence-corrected chi connectivity index (χ0v) is 10.5. The van der Waals surface area contributed by atoms with Crippen LogP contribution in [0.4, 0.5) is 0 Å². The van der Waals surface area contributed by atoms with Crippen molar-refractivity contribution in [3.8, 4) is 0 Å². The minimum Gasteiger partial charge on any atom is -0.356 e. The Morgan fingerprint density at radius 1 is 1.18 bits per heavy atom. The van der Waals surface area contributed by atoms with E-state index in [1.807, 2.05) is 12.1 Å². The van der Waals surface area contributed by atoms with Crippen molar-refractivity contribution < 1.29 is 9.59 Å².